The van der Waals surface area contributed by atoms with Gasteiger partial charge in [-0.15, -0.1) is 0 Å². The Bertz CT molecular complexity index is 1360. The molecule has 4 rings (SSSR count). The molecule has 1 amide bonds. The van der Waals surface area contributed by atoms with Crippen LogP contribution in [0.1, 0.15) is 37.9 Å². The van der Waals surface area contributed by atoms with Gasteiger partial charge in [0.05, 0.1) is 17.2 Å². The number of rotatable bonds is 5. The van der Waals surface area contributed by atoms with Crippen molar-refractivity contribution in [1.82, 2.24) is 0 Å². The number of aromatic hydroxyl groups is 1. The van der Waals surface area contributed by atoms with E-state index in [0.29, 0.717) is 5.56 Å². The number of hydrogen-bond acceptors (Lipinski definition) is 6. The van der Waals surface area contributed by atoms with Crippen LogP contribution in [-0.2, 0) is 9.59 Å². The fraction of sp³-hybridized carbons (Fsp3) is 0.0400. The van der Waals surface area contributed by atoms with Gasteiger partial charge in [-0.05, 0) is 29.8 Å². The molecule has 170 valence electrons. The molecule has 1 fully saturated rings. The van der Waals surface area contributed by atoms with Gasteiger partial charge < -0.3 is 20.4 Å². The number of aromatic carboxylic acids is 2. The Hall–Kier alpha value is -4.92. The van der Waals surface area contributed by atoms with Crippen LogP contribution in [0.2, 0.25) is 0 Å². The predicted molar refractivity (Wildman–Crippen MR) is 120 cm³/mol. The number of amides is 1. The largest absolute Gasteiger partial charge is 0.507 e. The molecule has 0 aliphatic carbocycles. The first-order chi connectivity index (χ1) is 16.2. The molecular weight excluding hydrogens is 442 g/mol. The molecule has 9 heteroatoms. The van der Waals surface area contributed by atoms with E-state index in [1.54, 1.807) is 30.3 Å². The highest BCUT2D eigenvalue weighted by Crippen LogP contribution is 2.43. The number of aliphatic hydroxyl groups excluding tert-OH is 1. The lowest BCUT2D eigenvalue weighted by Gasteiger charge is -2.26. The summed E-state index contributed by atoms with van der Waals surface area (Å²) in [6.07, 6.45) is 0. The Kier molecular flexibility index (Phi) is 5.60. The summed E-state index contributed by atoms with van der Waals surface area (Å²) in [6.45, 7) is 0. The Morgan fingerprint density at radius 1 is 0.765 bits per heavy atom. The van der Waals surface area contributed by atoms with Crippen LogP contribution in [0.25, 0.3) is 5.76 Å². The van der Waals surface area contributed by atoms with Gasteiger partial charge in [0, 0.05) is 17.3 Å². The number of carbonyl (C=O) groups is 4. The molecule has 0 bridgehead atoms. The zero-order valence-electron chi connectivity index (χ0n) is 17.4. The Labute approximate surface area is 192 Å². The smallest absolute Gasteiger partial charge is 0.339 e. The lowest BCUT2D eigenvalue weighted by molar-refractivity contribution is -0.132. The number of aliphatic hydroxyl groups is 1. The van der Waals surface area contributed by atoms with Crippen molar-refractivity contribution in [2.24, 2.45) is 0 Å². The molecule has 1 unspecified atom stereocenters. The molecule has 1 atom stereocenters. The highest BCUT2D eigenvalue weighted by molar-refractivity contribution is 6.51. The van der Waals surface area contributed by atoms with E-state index < -0.39 is 46.7 Å². The van der Waals surface area contributed by atoms with Crippen molar-refractivity contribution in [2.45, 2.75) is 6.04 Å². The van der Waals surface area contributed by atoms with Gasteiger partial charge >= 0.3 is 11.9 Å². The predicted octanol–water partition coefficient (Wildman–Crippen LogP) is 3.41. The van der Waals surface area contributed by atoms with Gasteiger partial charge in [0.15, 0.2) is 0 Å². The standard InChI is InChI=1S/C25H17NO8/c27-18-12-16(10-11-17(18)25(33)34)26-20(13-6-8-15(9-7-13)24(31)32)19(22(29)23(26)30)21(28)14-4-2-1-3-5-14/h1-12,20,27-28H,(H,31,32)(H,33,34). The summed E-state index contributed by atoms with van der Waals surface area (Å²) in [7, 11) is 0. The molecule has 0 spiro atoms. The van der Waals surface area contributed by atoms with Gasteiger partial charge in [0.1, 0.15) is 17.1 Å². The van der Waals surface area contributed by atoms with Crippen molar-refractivity contribution in [3.05, 3.63) is 101 Å². The van der Waals surface area contributed by atoms with E-state index in [1.165, 1.54) is 30.3 Å². The molecule has 1 aliphatic heterocycles. The molecular formula is C25H17NO8. The average molecular weight is 459 g/mol. The van der Waals surface area contributed by atoms with Gasteiger partial charge in [-0.2, -0.15) is 0 Å². The summed E-state index contributed by atoms with van der Waals surface area (Å²) in [6, 6.07) is 15.8. The molecule has 3 aromatic rings. The first kappa shape index (κ1) is 22.3. The number of benzene rings is 3. The molecule has 0 radical (unpaired) electrons. The van der Waals surface area contributed by atoms with E-state index in [9.17, 15) is 39.6 Å². The Morgan fingerprint density at radius 2 is 1.41 bits per heavy atom. The number of carboxylic acid groups (broad SMARTS) is 2. The summed E-state index contributed by atoms with van der Waals surface area (Å²) < 4.78 is 0. The van der Waals surface area contributed by atoms with E-state index in [1.807, 2.05) is 0 Å². The maximum absolute atomic E-state index is 13.1. The molecule has 3 aromatic carbocycles. The van der Waals surface area contributed by atoms with Crippen molar-refractivity contribution in [3.8, 4) is 5.75 Å². The lowest BCUT2D eigenvalue weighted by atomic mass is 9.94. The van der Waals surface area contributed by atoms with Crippen LogP contribution in [0.15, 0.2) is 78.4 Å². The minimum atomic E-state index is -1.38. The topological polar surface area (TPSA) is 152 Å². The number of carboxylic acids is 2. The van der Waals surface area contributed by atoms with Crippen molar-refractivity contribution < 1.29 is 39.6 Å². The lowest BCUT2D eigenvalue weighted by Crippen LogP contribution is -2.29. The monoisotopic (exact) mass is 459 g/mol. The highest BCUT2D eigenvalue weighted by atomic mass is 16.4. The number of phenols is 1. The van der Waals surface area contributed by atoms with Crippen molar-refractivity contribution in [1.29, 1.82) is 0 Å². The number of carbonyl (C=O) groups excluding carboxylic acids is 2. The number of nitrogens with zero attached hydrogens (tertiary/aromatic N) is 1. The second-order valence-electron chi connectivity index (χ2n) is 7.47. The summed E-state index contributed by atoms with van der Waals surface area (Å²) in [4.78, 5) is 49.7. The number of hydrogen-bond donors (Lipinski definition) is 4. The van der Waals surface area contributed by atoms with E-state index in [2.05, 4.69) is 0 Å². The SMILES string of the molecule is O=C1C(=O)N(c2ccc(C(=O)O)c(O)c2)C(c2ccc(C(=O)O)cc2)C1=C(O)c1ccccc1. The van der Waals surface area contributed by atoms with Crippen LogP contribution in [0.3, 0.4) is 0 Å². The molecule has 9 nitrogen and oxygen atoms in total. The van der Waals surface area contributed by atoms with Crippen LogP contribution in [0.4, 0.5) is 5.69 Å². The highest BCUT2D eigenvalue weighted by Gasteiger charge is 2.47. The maximum Gasteiger partial charge on any atom is 0.339 e. The maximum atomic E-state index is 13.1. The van der Waals surface area contributed by atoms with Gasteiger partial charge in [0.2, 0.25) is 0 Å². The summed E-state index contributed by atoms with van der Waals surface area (Å²) in [5.41, 5.74) is -0.0236. The van der Waals surface area contributed by atoms with Crippen molar-refractivity contribution in [3.63, 3.8) is 0 Å². The number of ketones is 1. The molecule has 1 heterocycles. The molecule has 0 saturated carbocycles. The van der Waals surface area contributed by atoms with Crippen molar-refractivity contribution in [2.75, 3.05) is 4.90 Å². The fourth-order valence-electron chi connectivity index (χ4n) is 3.82. The number of anilines is 1. The third-order valence-electron chi connectivity index (χ3n) is 5.45. The van der Waals surface area contributed by atoms with E-state index in [-0.39, 0.29) is 22.4 Å². The first-order valence-corrected chi connectivity index (χ1v) is 9.96. The van der Waals surface area contributed by atoms with Gasteiger partial charge in [0.25, 0.3) is 11.7 Å². The zero-order valence-corrected chi connectivity index (χ0v) is 17.4. The first-order valence-electron chi connectivity index (χ1n) is 9.96. The average Bonchev–Trinajstić information content (AvgIpc) is 3.09. The summed E-state index contributed by atoms with van der Waals surface area (Å²) >= 11 is 0. The summed E-state index contributed by atoms with van der Waals surface area (Å²) in [5, 5.41) is 39.5. The minimum absolute atomic E-state index is 0.0176. The molecule has 4 N–H and O–H groups in total. The van der Waals surface area contributed by atoms with E-state index in [4.69, 9.17) is 0 Å². The second-order valence-corrected chi connectivity index (χ2v) is 7.47. The second kappa shape index (κ2) is 8.55. The number of Topliss-reactive ketones (excluding diaryl/α,β-unsaturated/α-hetero) is 1. The molecule has 34 heavy (non-hydrogen) atoms. The minimum Gasteiger partial charge on any atom is -0.507 e. The van der Waals surface area contributed by atoms with Crippen LogP contribution in [0, 0.1) is 0 Å². The van der Waals surface area contributed by atoms with Crippen LogP contribution >= 0.6 is 0 Å². The molecule has 1 saturated heterocycles. The third kappa shape index (κ3) is 3.75. The van der Waals surface area contributed by atoms with Gasteiger partial charge in [-0.1, -0.05) is 42.5 Å². The molecule has 0 aromatic heterocycles. The van der Waals surface area contributed by atoms with E-state index >= 15 is 0 Å². The van der Waals surface area contributed by atoms with Gasteiger partial charge in [-0.25, -0.2) is 9.59 Å². The van der Waals surface area contributed by atoms with Gasteiger partial charge in [-0.3, -0.25) is 14.5 Å². The van der Waals surface area contributed by atoms with Crippen LogP contribution in [-0.4, -0.2) is 44.1 Å². The quantitative estimate of drug-likeness (QED) is 0.257. The zero-order chi connectivity index (χ0) is 24.6. The van der Waals surface area contributed by atoms with E-state index in [0.717, 1.165) is 17.0 Å². The fourth-order valence-corrected chi connectivity index (χ4v) is 3.82. The molecule has 1 aliphatic rings. The Balaban J connectivity index is 1.94. The summed E-state index contributed by atoms with van der Waals surface area (Å²) in [5.74, 6) is -5.59. The van der Waals surface area contributed by atoms with Crippen LogP contribution in [0.5, 0.6) is 5.75 Å². The third-order valence-corrected chi connectivity index (χ3v) is 5.45. The van der Waals surface area contributed by atoms with Crippen molar-refractivity contribution >= 4 is 35.1 Å². The Morgan fingerprint density at radius 3 is 1.97 bits per heavy atom. The van der Waals surface area contributed by atoms with Crippen LogP contribution < -0.4 is 4.90 Å². The normalized spacial score (nSPS) is 17.1.